The van der Waals surface area contributed by atoms with E-state index in [2.05, 4.69) is 5.32 Å². The third-order valence-corrected chi connectivity index (χ3v) is 5.09. The average molecular weight is 435 g/mol. The summed E-state index contributed by atoms with van der Waals surface area (Å²) in [7, 11) is 0. The summed E-state index contributed by atoms with van der Waals surface area (Å²) in [6.07, 6.45) is 0. The highest BCUT2D eigenvalue weighted by molar-refractivity contribution is 6.40. The number of nitrogens with zero attached hydrogens (tertiary/aromatic N) is 2. The predicted octanol–water partition coefficient (Wildman–Crippen LogP) is 3.59. The number of hydrogen-bond donors (Lipinski definition) is 1. The monoisotopic (exact) mass is 435 g/mol. The molecule has 0 radical (unpaired) electrons. The highest BCUT2D eigenvalue weighted by Gasteiger charge is 2.33. The fraction of sp³-hybridized carbons (Fsp3) is 0.125. The van der Waals surface area contributed by atoms with E-state index in [0.717, 1.165) is 23.8 Å². The molecule has 1 N–H and O–H groups in total. The Morgan fingerprint density at radius 2 is 1.50 bits per heavy atom. The zero-order chi connectivity index (χ0) is 22.7. The van der Waals surface area contributed by atoms with Crippen molar-refractivity contribution < 1.29 is 23.2 Å². The molecule has 1 aliphatic heterocycles. The molecule has 0 aliphatic carbocycles. The molecule has 1 heterocycles. The summed E-state index contributed by atoms with van der Waals surface area (Å²) in [5.74, 6) is -3.27. The van der Waals surface area contributed by atoms with Crippen LogP contribution in [0.15, 0.2) is 72.8 Å². The van der Waals surface area contributed by atoms with Crippen molar-refractivity contribution in [2.75, 3.05) is 23.3 Å². The van der Waals surface area contributed by atoms with Crippen LogP contribution < -0.4 is 10.2 Å². The van der Waals surface area contributed by atoms with Crippen LogP contribution in [0.25, 0.3) is 0 Å². The third-order valence-electron chi connectivity index (χ3n) is 5.09. The highest BCUT2D eigenvalue weighted by Crippen LogP contribution is 2.19. The summed E-state index contributed by atoms with van der Waals surface area (Å²) >= 11 is 0. The molecule has 0 atom stereocenters. The second-order valence-electron chi connectivity index (χ2n) is 7.33. The summed E-state index contributed by atoms with van der Waals surface area (Å²) in [5, 5.41) is 2.44. The smallest absolute Gasteiger partial charge is 0.316 e. The van der Waals surface area contributed by atoms with E-state index >= 15 is 0 Å². The number of benzene rings is 3. The number of piperazine rings is 1. The van der Waals surface area contributed by atoms with E-state index in [1.54, 1.807) is 36.4 Å². The lowest BCUT2D eigenvalue weighted by Gasteiger charge is -2.33. The molecule has 3 amide bonds. The van der Waals surface area contributed by atoms with Crippen LogP contribution in [-0.2, 0) is 16.1 Å². The molecular formula is C24H19F2N3O3. The first kappa shape index (κ1) is 21.2. The molecule has 3 aromatic carbocycles. The van der Waals surface area contributed by atoms with Gasteiger partial charge < -0.3 is 15.1 Å². The Morgan fingerprint density at radius 3 is 2.16 bits per heavy atom. The van der Waals surface area contributed by atoms with E-state index in [1.165, 1.54) is 9.80 Å². The zero-order valence-electron chi connectivity index (χ0n) is 16.9. The Morgan fingerprint density at radius 1 is 0.844 bits per heavy atom. The van der Waals surface area contributed by atoms with Gasteiger partial charge in [-0.25, -0.2) is 8.78 Å². The molecule has 0 spiro atoms. The van der Waals surface area contributed by atoms with Crippen LogP contribution in [0, 0.1) is 11.6 Å². The fourth-order valence-corrected chi connectivity index (χ4v) is 3.49. The lowest BCUT2D eigenvalue weighted by atomic mass is 10.1. The molecule has 4 rings (SSSR count). The highest BCUT2D eigenvalue weighted by atomic mass is 19.1. The van der Waals surface area contributed by atoms with Crippen molar-refractivity contribution in [1.29, 1.82) is 0 Å². The summed E-state index contributed by atoms with van der Waals surface area (Å²) in [6.45, 7) is 0.996. The molecule has 0 bridgehead atoms. The Labute approximate surface area is 183 Å². The molecule has 8 heteroatoms. The van der Waals surface area contributed by atoms with E-state index < -0.39 is 29.4 Å². The van der Waals surface area contributed by atoms with Gasteiger partial charge in [-0.3, -0.25) is 14.4 Å². The van der Waals surface area contributed by atoms with Gasteiger partial charge >= 0.3 is 11.8 Å². The van der Waals surface area contributed by atoms with Gasteiger partial charge in [-0.15, -0.1) is 0 Å². The van der Waals surface area contributed by atoms with Crippen LogP contribution in [0.3, 0.4) is 0 Å². The van der Waals surface area contributed by atoms with Gasteiger partial charge in [-0.2, -0.15) is 0 Å². The van der Waals surface area contributed by atoms with E-state index in [1.807, 2.05) is 18.2 Å². The molecule has 0 aromatic heterocycles. The van der Waals surface area contributed by atoms with E-state index in [-0.39, 0.29) is 17.8 Å². The Hall–Kier alpha value is -4.07. The lowest BCUT2D eigenvalue weighted by molar-refractivity contribution is -0.146. The quantitative estimate of drug-likeness (QED) is 0.623. The maximum atomic E-state index is 13.3. The van der Waals surface area contributed by atoms with Gasteiger partial charge in [0.05, 0.1) is 0 Å². The second kappa shape index (κ2) is 8.97. The van der Waals surface area contributed by atoms with Crippen LogP contribution in [0.5, 0.6) is 0 Å². The number of anilines is 2. The topological polar surface area (TPSA) is 69.7 Å². The molecule has 1 fully saturated rings. The van der Waals surface area contributed by atoms with Crippen molar-refractivity contribution in [3.05, 3.63) is 95.6 Å². The number of halogens is 2. The van der Waals surface area contributed by atoms with E-state index in [9.17, 15) is 23.2 Å². The summed E-state index contributed by atoms with van der Waals surface area (Å²) < 4.78 is 26.6. The predicted molar refractivity (Wildman–Crippen MR) is 115 cm³/mol. The maximum Gasteiger partial charge on any atom is 0.316 e. The molecule has 1 saturated heterocycles. The number of rotatable bonds is 5. The molecule has 3 aromatic rings. The van der Waals surface area contributed by atoms with Gasteiger partial charge in [0.1, 0.15) is 11.6 Å². The first-order valence-electron chi connectivity index (χ1n) is 9.93. The second-order valence-corrected chi connectivity index (χ2v) is 7.33. The average Bonchev–Trinajstić information content (AvgIpc) is 2.77. The third kappa shape index (κ3) is 4.64. The van der Waals surface area contributed by atoms with Crippen molar-refractivity contribution in [1.82, 2.24) is 4.90 Å². The first-order chi connectivity index (χ1) is 15.4. The number of para-hydroxylation sites is 1. The number of carbonyl (C=O) groups is 3. The van der Waals surface area contributed by atoms with Gasteiger partial charge in [0.15, 0.2) is 0 Å². The lowest BCUT2D eigenvalue weighted by Crippen LogP contribution is -2.54. The molecule has 0 unspecified atom stereocenters. The number of carbonyl (C=O) groups excluding carboxylic acids is 3. The standard InChI is InChI=1S/C24H19F2N3O3/c25-18-12-19(26)14-20(13-18)27-22(30)17-8-6-16(7-9-17)15-28-10-11-29(24(32)23(28)31)21-4-2-1-3-5-21/h1-9,12-14H,10-11,15H2,(H,27,30). The maximum absolute atomic E-state index is 13.3. The SMILES string of the molecule is O=C(Nc1cc(F)cc(F)c1)c1ccc(CN2CCN(c3ccccc3)C(=O)C2=O)cc1. The number of hydrogen-bond acceptors (Lipinski definition) is 3. The summed E-state index contributed by atoms with van der Waals surface area (Å²) in [5.41, 5.74) is 1.72. The van der Waals surface area contributed by atoms with Crippen molar-refractivity contribution in [3.8, 4) is 0 Å². The van der Waals surface area contributed by atoms with Crippen LogP contribution in [0.1, 0.15) is 15.9 Å². The minimum atomic E-state index is -0.790. The van der Waals surface area contributed by atoms with Crippen molar-refractivity contribution in [2.24, 2.45) is 0 Å². The summed E-state index contributed by atoms with van der Waals surface area (Å²) in [6, 6.07) is 18.2. The van der Waals surface area contributed by atoms with Gasteiger partial charge in [0.2, 0.25) is 0 Å². The Kier molecular flexibility index (Phi) is 5.93. The van der Waals surface area contributed by atoms with Gasteiger partial charge in [-0.05, 0) is 42.0 Å². The largest absolute Gasteiger partial charge is 0.328 e. The van der Waals surface area contributed by atoms with Crippen molar-refractivity contribution >= 4 is 29.1 Å². The minimum absolute atomic E-state index is 0.0111. The zero-order valence-corrected chi connectivity index (χ0v) is 16.9. The molecule has 162 valence electrons. The molecule has 6 nitrogen and oxygen atoms in total. The van der Waals surface area contributed by atoms with Gasteiger partial charge in [0, 0.05) is 42.6 Å². The molecule has 0 saturated carbocycles. The first-order valence-corrected chi connectivity index (χ1v) is 9.93. The molecule has 1 aliphatic rings. The number of nitrogens with one attached hydrogen (secondary N) is 1. The normalized spacial score (nSPS) is 13.9. The minimum Gasteiger partial charge on any atom is -0.328 e. The van der Waals surface area contributed by atoms with Gasteiger partial charge in [0.25, 0.3) is 5.91 Å². The van der Waals surface area contributed by atoms with Crippen LogP contribution >= 0.6 is 0 Å². The van der Waals surface area contributed by atoms with E-state index in [4.69, 9.17) is 0 Å². The van der Waals surface area contributed by atoms with E-state index in [0.29, 0.717) is 18.8 Å². The summed E-state index contributed by atoms with van der Waals surface area (Å²) in [4.78, 5) is 40.3. The molecular weight excluding hydrogens is 416 g/mol. The number of amides is 3. The van der Waals surface area contributed by atoms with Gasteiger partial charge in [-0.1, -0.05) is 30.3 Å². The molecule has 32 heavy (non-hydrogen) atoms. The van der Waals surface area contributed by atoms with Crippen LogP contribution in [0.4, 0.5) is 20.2 Å². The van der Waals surface area contributed by atoms with Crippen molar-refractivity contribution in [2.45, 2.75) is 6.54 Å². The van der Waals surface area contributed by atoms with Crippen LogP contribution in [-0.4, -0.2) is 35.7 Å². The van der Waals surface area contributed by atoms with Crippen LogP contribution in [0.2, 0.25) is 0 Å². The van der Waals surface area contributed by atoms with Crippen molar-refractivity contribution in [3.63, 3.8) is 0 Å². The Bertz CT molecular complexity index is 1150. The fourth-order valence-electron chi connectivity index (χ4n) is 3.49. The Balaban J connectivity index is 1.39.